The summed E-state index contributed by atoms with van der Waals surface area (Å²) in [5.74, 6) is 0. The molecule has 0 amide bonds. The maximum Gasteiger partial charge on any atom is 0.0589 e. The van der Waals surface area contributed by atoms with Crippen LogP contribution < -0.4 is 0 Å². The average Bonchev–Trinajstić information content (AvgIpc) is 2.53. The van der Waals surface area contributed by atoms with Gasteiger partial charge in [-0.25, -0.2) is 0 Å². The number of hydrogen-bond acceptors (Lipinski definition) is 3. The first-order valence-electron chi connectivity index (χ1n) is 8.66. The van der Waals surface area contributed by atoms with Gasteiger partial charge in [-0.05, 0) is 50.9 Å². The van der Waals surface area contributed by atoms with Crippen molar-refractivity contribution in [1.29, 1.82) is 0 Å². The number of hydrogen-bond donors (Lipinski definition) is 0. The molecule has 2 rings (SSSR count). The lowest BCUT2D eigenvalue weighted by Crippen LogP contribution is -2.39. The molecule has 1 unspecified atom stereocenters. The highest BCUT2D eigenvalue weighted by Gasteiger charge is 2.19. The molecule has 22 heavy (non-hydrogen) atoms. The van der Waals surface area contributed by atoms with Crippen LogP contribution in [0, 0.1) is 6.92 Å². The fraction of sp³-hybridized carbons (Fsp3) is 0.684. The summed E-state index contributed by atoms with van der Waals surface area (Å²) in [6.45, 7) is 7.49. The van der Waals surface area contributed by atoms with Crippen molar-refractivity contribution in [3.63, 3.8) is 0 Å². The number of ether oxygens (including phenoxy) is 1. The zero-order valence-corrected chi connectivity index (χ0v) is 14.6. The third kappa shape index (κ3) is 5.38. The normalized spacial score (nSPS) is 19.7. The van der Waals surface area contributed by atoms with Gasteiger partial charge in [-0.15, -0.1) is 0 Å². The smallest absolute Gasteiger partial charge is 0.0589 e. The maximum absolute atomic E-state index is 5.30. The lowest BCUT2D eigenvalue weighted by atomic mass is 9.99. The topological polar surface area (TPSA) is 15.7 Å². The number of rotatable bonds is 8. The van der Waals surface area contributed by atoms with Crippen LogP contribution in [-0.4, -0.2) is 56.2 Å². The Morgan fingerprint density at radius 1 is 1.23 bits per heavy atom. The zero-order chi connectivity index (χ0) is 15.8. The van der Waals surface area contributed by atoms with Crippen molar-refractivity contribution < 1.29 is 4.74 Å². The standard InChI is InChI=1S/C19H32N2O/c1-17-8-4-5-9-18(17)16-21(14-15-22-3)13-11-19-10-6-7-12-20(19)2/h4-5,8-9,19H,6-7,10-16H2,1-3H3. The van der Waals surface area contributed by atoms with Gasteiger partial charge in [-0.1, -0.05) is 30.7 Å². The van der Waals surface area contributed by atoms with Crippen molar-refractivity contribution in [3.8, 4) is 0 Å². The van der Waals surface area contributed by atoms with Crippen LogP contribution in [0.4, 0.5) is 0 Å². The van der Waals surface area contributed by atoms with Crippen molar-refractivity contribution in [2.75, 3.05) is 40.4 Å². The van der Waals surface area contributed by atoms with Gasteiger partial charge in [0.05, 0.1) is 6.61 Å². The largest absolute Gasteiger partial charge is 0.383 e. The van der Waals surface area contributed by atoms with Crippen molar-refractivity contribution in [1.82, 2.24) is 9.80 Å². The Morgan fingerprint density at radius 2 is 2.05 bits per heavy atom. The minimum absolute atomic E-state index is 0.760. The van der Waals surface area contributed by atoms with E-state index in [1.165, 1.54) is 43.4 Å². The Kier molecular flexibility index (Phi) is 7.37. The van der Waals surface area contributed by atoms with Gasteiger partial charge in [-0.2, -0.15) is 0 Å². The molecule has 1 fully saturated rings. The molecule has 0 N–H and O–H groups in total. The summed E-state index contributed by atoms with van der Waals surface area (Å²) in [6.07, 6.45) is 5.39. The monoisotopic (exact) mass is 304 g/mol. The predicted octanol–water partition coefficient (Wildman–Crippen LogP) is 3.32. The summed E-state index contributed by atoms with van der Waals surface area (Å²) in [6, 6.07) is 9.48. The van der Waals surface area contributed by atoms with E-state index in [1.54, 1.807) is 7.11 Å². The highest BCUT2D eigenvalue weighted by molar-refractivity contribution is 5.25. The third-order valence-electron chi connectivity index (χ3n) is 4.97. The van der Waals surface area contributed by atoms with Crippen molar-refractivity contribution >= 4 is 0 Å². The lowest BCUT2D eigenvalue weighted by Gasteiger charge is -2.34. The molecule has 0 aromatic heterocycles. The van der Waals surface area contributed by atoms with Crippen LogP contribution in [0.1, 0.15) is 36.8 Å². The third-order valence-corrected chi connectivity index (χ3v) is 4.97. The molecular weight excluding hydrogens is 272 g/mol. The molecule has 0 radical (unpaired) electrons. The summed E-state index contributed by atoms with van der Waals surface area (Å²) in [5.41, 5.74) is 2.83. The first-order chi connectivity index (χ1) is 10.7. The summed E-state index contributed by atoms with van der Waals surface area (Å²) < 4.78 is 5.30. The SMILES string of the molecule is COCCN(CCC1CCCCN1C)Cc1ccccc1C. The van der Waals surface area contributed by atoms with E-state index < -0.39 is 0 Å². The van der Waals surface area contributed by atoms with Crippen LogP contribution in [0.3, 0.4) is 0 Å². The molecule has 0 aliphatic carbocycles. The van der Waals surface area contributed by atoms with Gasteiger partial charge in [-0.3, -0.25) is 4.90 Å². The van der Waals surface area contributed by atoms with Gasteiger partial charge in [0.1, 0.15) is 0 Å². The molecule has 1 aliphatic heterocycles. The Balaban J connectivity index is 1.89. The van der Waals surface area contributed by atoms with E-state index in [0.717, 1.165) is 32.3 Å². The first-order valence-corrected chi connectivity index (χ1v) is 8.66. The van der Waals surface area contributed by atoms with Gasteiger partial charge in [0.25, 0.3) is 0 Å². The Hall–Kier alpha value is -0.900. The van der Waals surface area contributed by atoms with Crippen LogP contribution in [0.2, 0.25) is 0 Å². The number of benzene rings is 1. The minimum atomic E-state index is 0.760. The van der Waals surface area contributed by atoms with Crippen molar-refractivity contribution in [3.05, 3.63) is 35.4 Å². The molecule has 0 bridgehead atoms. The predicted molar refractivity (Wildman–Crippen MR) is 93.2 cm³/mol. The molecule has 124 valence electrons. The first kappa shape index (κ1) is 17.5. The number of nitrogens with zero attached hydrogens (tertiary/aromatic N) is 2. The fourth-order valence-electron chi connectivity index (χ4n) is 3.36. The van der Waals surface area contributed by atoms with Gasteiger partial charge in [0, 0.05) is 32.8 Å². The summed E-state index contributed by atoms with van der Waals surface area (Å²) in [5, 5.41) is 0. The second kappa shape index (κ2) is 9.29. The minimum Gasteiger partial charge on any atom is -0.383 e. The maximum atomic E-state index is 5.30. The average molecular weight is 304 g/mol. The summed E-state index contributed by atoms with van der Waals surface area (Å²) >= 11 is 0. The van der Waals surface area contributed by atoms with E-state index in [-0.39, 0.29) is 0 Å². The van der Waals surface area contributed by atoms with Crippen molar-refractivity contribution in [2.24, 2.45) is 0 Å². The van der Waals surface area contributed by atoms with E-state index in [1.807, 2.05) is 0 Å². The van der Waals surface area contributed by atoms with E-state index >= 15 is 0 Å². The van der Waals surface area contributed by atoms with Crippen LogP contribution in [0.25, 0.3) is 0 Å². The molecule has 3 nitrogen and oxygen atoms in total. The Labute approximate surface area is 136 Å². The molecular formula is C19H32N2O. The molecule has 1 aliphatic rings. The second-order valence-electron chi connectivity index (χ2n) is 6.61. The molecule has 1 heterocycles. The number of piperidine rings is 1. The molecule has 0 spiro atoms. The highest BCUT2D eigenvalue weighted by Crippen LogP contribution is 2.19. The molecule has 0 saturated carbocycles. The van der Waals surface area contributed by atoms with Crippen LogP contribution in [0.5, 0.6) is 0 Å². The quantitative estimate of drug-likeness (QED) is 0.733. The molecule has 3 heteroatoms. The van der Waals surface area contributed by atoms with E-state index in [4.69, 9.17) is 4.74 Å². The summed E-state index contributed by atoms with van der Waals surface area (Å²) in [7, 11) is 4.07. The molecule has 1 saturated heterocycles. The van der Waals surface area contributed by atoms with Gasteiger partial charge < -0.3 is 9.64 Å². The van der Waals surface area contributed by atoms with E-state index in [9.17, 15) is 0 Å². The van der Waals surface area contributed by atoms with Crippen LogP contribution >= 0.6 is 0 Å². The number of likely N-dealkylation sites (tertiary alicyclic amines) is 1. The van der Waals surface area contributed by atoms with Gasteiger partial charge in [0.15, 0.2) is 0 Å². The fourth-order valence-corrected chi connectivity index (χ4v) is 3.36. The highest BCUT2D eigenvalue weighted by atomic mass is 16.5. The van der Waals surface area contributed by atoms with Gasteiger partial charge in [0.2, 0.25) is 0 Å². The zero-order valence-electron chi connectivity index (χ0n) is 14.6. The van der Waals surface area contributed by atoms with Crippen LogP contribution in [0.15, 0.2) is 24.3 Å². The Morgan fingerprint density at radius 3 is 2.77 bits per heavy atom. The van der Waals surface area contributed by atoms with Gasteiger partial charge >= 0.3 is 0 Å². The molecule has 1 atom stereocenters. The number of methoxy groups -OCH3 is 1. The Bertz CT molecular complexity index is 435. The number of aryl methyl sites for hydroxylation is 1. The molecule has 1 aromatic carbocycles. The summed E-state index contributed by atoms with van der Waals surface area (Å²) in [4.78, 5) is 5.10. The second-order valence-corrected chi connectivity index (χ2v) is 6.61. The van der Waals surface area contributed by atoms with E-state index in [0.29, 0.717) is 0 Å². The molecule has 1 aromatic rings. The van der Waals surface area contributed by atoms with E-state index in [2.05, 4.69) is 48.0 Å². The van der Waals surface area contributed by atoms with Crippen molar-refractivity contribution in [2.45, 2.75) is 45.2 Å². The van der Waals surface area contributed by atoms with Crippen LogP contribution in [-0.2, 0) is 11.3 Å². The lowest BCUT2D eigenvalue weighted by molar-refractivity contribution is 0.121.